The predicted molar refractivity (Wildman–Crippen MR) is 87.8 cm³/mol. The molecule has 2 N–H and O–H groups in total. The summed E-state index contributed by atoms with van der Waals surface area (Å²) in [5.74, 6) is 0.465. The molecule has 0 aliphatic carbocycles. The molecule has 0 radical (unpaired) electrons. The Labute approximate surface area is 131 Å². The van der Waals surface area contributed by atoms with E-state index < -0.39 is 0 Å². The summed E-state index contributed by atoms with van der Waals surface area (Å²) in [6.45, 7) is 6.72. The third-order valence-corrected chi connectivity index (χ3v) is 3.47. The van der Waals surface area contributed by atoms with Gasteiger partial charge < -0.3 is 10.6 Å². The predicted octanol–water partition coefficient (Wildman–Crippen LogP) is 2.93. The van der Waals surface area contributed by atoms with Crippen LogP contribution >= 0.6 is 0 Å². The molecule has 0 aliphatic heterocycles. The van der Waals surface area contributed by atoms with E-state index in [1.54, 1.807) is 6.20 Å². The van der Waals surface area contributed by atoms with Crippen molar-refractivity contribution in [3.63, 3.8) is 0 Å². The second-order valence-electron chi connectivity index (χ2n) is 5.41. The smallest absolute Gasteiger partial charge is 0.271 e. The number of carbonyl (C=O) groups is 1. The first-order valence-corrected chi connectivity index (χ1v) is 7.50. The fraction of sp³-hybridized carbons (Fsp3) is 0.353. The lowest BCUT2D eigenvalue weighted by Gasteiger charge is -2.11. The molecule has 5 nitrogen and oxygen atoms in total. The molecule has 1 amide bonds. The Hall–Kier alpha value is -2.43. The Morgan fingerprint density at radius 3 is 2.50 bits per heavy atom. The highest BCUT2D eigenvalue weighted by atomic mass is 16.1. The van der Waals surface area contributed by atoms with E-state index in [1.165, 1.54) is 17.3 Å². The normalized spacial score (nSPS) is 11.8. The van der Waals surface area contributed by atoms with Crippen LogP contribution < -0.4 is 10.6 Å². The fourth-order valence-corrected chi connectivity index (χ4v) is 1.83. The molecule has 2 rings (SSSR count). The van der Waals surface area contributed by atoms with Crippen molar-refractivity contribution in [2.75, 3.05) is 5.32 Å². The van der Waals surface area contributed by atoms with Gasteiger partial charge >= 0.3 is 0 Å². The number of rotatable bonds is 6. The summed E-state index contributed by atoms with van der Waals surface area (Å²) in [6.07, 6.45) is 3.96. The standard InChI is InChI=1S/C17H22N4O/c1-4-13(3)21-17(22)15-10-20-16(11-18-15)19-9-14-7-5-12(2)6-8-14/h5-8,10-11,13H,4,9H2,1-3H3,(H,19,20)(H,21,22). The van der Waals surface area contributed by atoms with Gasteiger partial charge in [0.1, 0.15) is 11.5 Å². The number of hydrogen-bond donors (Lipinski definition) is 2. The topological polar surface area (TPSA) is 66.9 Å². The van der Waals surface area contributed by atoms with Gasteiger partial charge in [0.15, 0.2) is 0 Å². The van der Waals surface area contributed by atoms with Crippen molar-refractivity contribution < 1.29 is 4.79 Å². The second-order valence-corrected chi connectivity index (χ2v) is 5.41. The van der Waals surface area contributed by atoms with Crippen molar-refractivity contribution >= 4 is 11.7 Å². The van der Waals surface area contributed by atoms with Gasteiger partial charge in [-0.3, -0.25) is 4.79 Å². The minimum absolute atomic E-state index is 0.133. The summed E-state index contributed by atoms with van der Waals surface area (Å²) >= 11 is 0. The first-order chi connectivity index (χ1) is 10.6. The average molecular weight is 298 g/mol. The van der Waals surface area contributed by atoms with Crippen LogP contribution in [0.4, 0.5) is 5.82 Å². The number of amides is 1. The zero-order chi connectivity index (χ0) is 15.9. The number of nitrogens with zero attached hydrogens (tertiary/aromatic N) is 2. The molecule has 1 heterocycles. The van der Waals surface area contributed by atoms with Gasteiger partial charge in [-0.2, -0.15) is 0 Å². The molecule has 1 unspecified atom stereocenters. The van der Waals surface area contributed by atoms with Gasteiger partial charge in [-0.05, 0) is 25.8 Å². The highest BCUT2D eigenvalue weighted by Crippen LogP contribution is 2.07. The van der Waals surface area contributed by atoms with Crippen LogP contribution in [-0.2, 0) is 6.54 Å². The van der Waals surface area contributed by atoms with Crippen molar-refractivity contribution in [2.24, 2.45) is 0 Å². The van der Waals surface area contributed by atoms with Crippen molar-refractivity contribution in [3.8, 4) is 0 Å². The summed E-state index contributed by atoms with van der Waals surface area (Å²) in [5, 5.41) is 6.06. The van der Waals surface area contributed by atoms with Crippen molar-refractivity contribution in [1.82, 2.24) is 15.3 Å². The summed E-state index contributed by atoms with van der Waals surface area (Å²) < 4.78 is 0. The number of hydrogen-bond acceptors (Lipinski definition) is 4. The van der Waals surface area contributed by atoms with Crippen LogP contribution in [0.15, 0.2) is 36.7 Å². The number of aromatic nitrogens is 2. The van der Waals surface area contributed by atoms with Crippen LogP contribution in [-0.4, -0.2) is 21.9 Å². The molecule has 0 spiro atoms. The summed E-state index contributed by atoms with van der Waals surface area (Å²) in [6, 6.07) is 8.43. The molecule has 1 atom stereocenters. The molecular weight excluding hydrogens is 276 g/mol. The third kappa shape index (κ3) is 4.55. The highest BCUT2D eigenvalue weighted by Gasteiger charge is 2.10. The fourth-order valence-electron chi connectivity index (χ4n) is 1.83. The van der Waals surface area contributed by atoms with Crippen LogP contribution in [0, 0.1) is 6.92 Å². The number of aryl methyl sites for hydroxylation is 1. The Balaban J connectivity index is 1.91. The zero-order valence-corrected chi connectivity index (χ0v) is 13.3. The van der Waals surface area contributed by atoms with Gasteiger partial charge in [-0.15, -0.1) is 0 Å². The first kappa shape index (κ1) is 15.9. The van der Waals surface area contributed by atoms with Gasteiger partial charge in [0.25, 0.3) is 5.91 Å². The maximum atomic E-state index is 11.9. The third-order valence-electron chi connectivity index (χ3n) is 3.47. The summed E-state index contributed by atoms with van der Waals surface area (Å²) in [4.78, 5) is 20.3. The summed E-state index contributed by atoms with van der Waals surface area (Å²) in [5.41, 5.74) is 2.74. The number of anilines is 1. The monoisotopic (exact) mass is 298 g/mol. The Morgan fingerprint density at radius 2 is 1.91 bits per heavy atom. The van der Waals surface area contributed by atoms with Gasteiger partial charge in [0.2, 0.25) is 0 Å². The molecule has 0 aliphatic rings. The molecule has 0 saturated heterocycles. The van der Waals surface area contributed by atoms with Gasteiger partial charge in [-0.25, -0.2) is 9.97 Å². The SMILES string of the molecule is CCC(C)NC(=O)c1cnc(NCc2ccc(C)cc2)cn1. The lowest BCUT2D eigenvalue weighted by atomic mass is 10.1. The second kappa shape index (κ2) is 7.54. The largest absolute Gasteiger partial charge is 0.365 e. The molecule has 2 aromatic rings. The van der Waals surface area contributed by atoms with E-state index in [-0.39, 0.29) is 11.9 Å². The van der Waals surface area contributed by atoms with Crippen LogP contribution in [0.2, 0.25) is 0 Å². The number of carbonyl (C=O) groups excluding carboxylic acids is 1. The maximum absolute atomic E-state index is 11.9. The Bertz CT molecular complexity index is 608. The van der Waals surface area contributed by atoms with Gasteiger partial charge in [0, 0.05) is 12.6 Å². The van der Waals surface area contributed by atoms with E-state index in [2.05, 4.69) is 51.8 Å². The number of benzene rings is 1. The quantitative estimate of drug-likeness (QED) is 0.860. The molecule has 5 heteroatoms. The summed E-state index contributed by atoms with van der Waals surface area (Å²) in [7, 11) is 0. The molecule has 1 aromatic carbocycles. The maximum Gasteiger partial charge on any atom is 0.271 e. The minimum atomic E-state index is -0.188. The molecule has 116 valence electrons. The van der Waals surface area contributed by atoms with E-state index in [4.69, 9.17) is 0 Å². The molecule has 0 fully saturated rings. The lowest BCUT2D eigenvalue weighted by molar-refractivity contribution is 0.0934. The van der Waals surface area contributed by atoms with E-state index in [0.29, 0.717) is 18.1 Å². The lowest BCUT2D eigenvalue weighted by Crippen LogP contribution is -2.32. The van der Waals surface area contributed by atoms with Gasteiger partial charge in [0.05, 0.1) is 12.4 Å². The van der Waals surface area contributed by atoms with E-state index >= 15 is 0 Å². The van der Waals surface area contributed by atoms with Crippen LogP contribution in [0.3, 0.4) is 0 Å². The Morgan fingerprint density at radius 1 is 1.18 bits per heavy atom. The van der Waals surface area contributed by atoms with Crippen LogP contribution in [0.5, 0.6) is 0 Å². The van der Waals surface area contributed by atoms with Crippen LogP contribution in [0.25, 0.3) is 0 Å². The minimum Gasteiger partial charge on any atom is -0.365 e. The van der Waals surface area contributed by atoms with E-state index in [0.717, 1.165) is 6.42 Å². The van der Waals surface area contributed by atoms with Crippen LogP contribution in [0.1, 0.15) is 41.9 Å². The van der Waals surface area contributed by atoms with Gasteiger partial charge in [-0.1, -0.05) is 36.8 Å². The van der Waals surface area contributed by atoms with Crippen molar-refractivity contribution in [2.45, 2.75) is 39.8 Å². The van der Waals surface area contributed by atoms with Crippen molar-refractivity contribution in [1.29, 1.82) is 0 Å². The molecule has 1 aromatic heterocycles. The molecule has 0 saturated carbocycles. The number of nitrogens with one attached hydrogen (secondary N) is 2. The first-order valence-electron chi connectivity index (χ1n) is 7.50. The average Bonchev–Trinajstić information content (AvgIpc) is 2.54. The molecular formula is C17H22N4O. The van der Waals surface area contributed by atoms with E-state index in [9.17, 15) is 4.79 Å². The van der Waals surface area contributed by atoms with E-state index in [1.807, 2.05) is 13.8 Å². The Kier molecular flexibility index (Phi) is 5.47. The molecule has 22 heavy (non-hydrogen) atoms. The molecule has 0 bridgehead atoms. The van der Waals surface area contributed by atoms with Crippen molar-refractivity contribution in [3.05, 3.63) is 53.5 Å². The highest BCUT2D eigenvalue weighted by molar-refractivity contribution is 5.92. The zero-order valence-electron chi connectivity index (χ0n) is 13.3.